The second-order valence-electron chi connectivity index (χ2n) is 7.62. The van der Waals surface area contributed by atoms with Gasteiger partial charge in [-0.2, -0.15) is 0 Å². The predicted molar refractivity (Wildman–Crippen MR) is 122 cm³/mol. The lowest BCUT2D eigenvalue weighted by molar-refractivity contribution is 0.451. The average molecular weight is 407 g/mol. The number of rotatable bonds is 2. The molecule has 0 spiro atoms. The minimum Gasteiger partial charge on any atom is -0.457 e. The van der Waals surface area contributed by atoms with Crippen LogP contribution in [-0.2, 0) is 0 Å². The first-order valence-corrected chi connectivity index (χ1v) is 10.5. The molecular formula is C27H18O2S. The van der Waals surface area contributed by atoms with Gasteiger partial charge in [0.05, 0.1) is 0 Å². The van der Waals surface area contributed by atoms with Crippen LogP contribution in [0.5, 0.6) is 23.0 Å². The Labute approximate surface area is 180 Å². The van der Waals surface area contributed by atoms with Crippen LogP contribution in [0.25, 0.3) is 0 Å². The number of hydrogen-bond donors (Lipinski definition) is 0. The van der Waals surface area contributed by atoms with E-state index in [1.807, 2.05) is 48.5 Å². The lowest BCUT2D eigenvalue weighted by Gasteiger charge is -2.35. The fourth-order valence-corrected chi connectivity index (χ4v) is 5.11. The van der Waals surface area contributed by atoms with E-state index in [-0.39, 0.29) is 11.8 Å². The van der Waals surface area contributed by atoms with Crippen LogP contribution in [0.1, 0.15) is 34.1 Å². The third-order valence-electron chi connectivity index (χ3n) is 5.93. The van der Waals surface area contributed by atoms with Crippen LogP contribution in [0, 0.1) is 0 Å². The molecule has 2 nitrogen and oxygen atoms in total. The van der Waals surface area contributed by atoms with Crippen molar-refractivity contribution in [2.24, 2.45) is 0 Å². The van der Waals surface area contributed by atoms with Gasteiger partial charge in [0.15, 0.2) is 0 Å². The lowest BCUT2D eigenvalue weighted by Crippen LogP contribution is -2.25. The zero-order chi connectivity index (χ0) is 20.1. The van der Waals surface area contributed by atoms with Crippen molar-refractivity contribution in [3.05, 3.63) is 119 Å². The molecule has 0 saturated heterocycles. The summed E-state index contributed by atoms with van der Waals surface area (Å²) in [5.41, 5.74) is 4.45. The molecule has 0 bridgehead atoms. The molecule has 3 heteroatoms. The largest absolute Gasteiger partial charge is 0.457 e. The molecule has 0 unspecified atom stereocenters. The summed E-state index contributed by atoms with van der Waals surface area (Å²) < 4.78 is 12.4. The third kappa shape index (κ3) is 2.59. The SMILES string of the molecule is S=C(C1c2ccccc2Oc2ccccc21)C1c2ccccc2Oc2ccccc21. The van der Waals surface area contributed by atoms with Gasteiger partial charge in [-0.05, 0) is 24.3 Å². The first-order valence-electron chi connectivity index (χ1n) is 10.1. The third-order valence-corrected chi connectivity index (χ3v) is 6.40. The monoisotopic (exact) mass is 406 g/mol. The van der Waals surface area contributed by atoms with Crippen molar-refractivity contribution in [3.8, 4) is 23.0 Å². The zero-order valence-electron chi connectivity index (χ0n) is 16.1. The van der Waals surface area contributed by atoms with Crippen LogP contribution >= 0.6 is 12.2 Å². The van der Waals surface area contributed by atoms with Crippen LogP contribution in [0.3, 0.4) is 0 Å². The molecule has 0 radical (unpaired) electrons. The van der Waals surface area contributed by atoms with Gasteiger partial charge >= 0.3 is 0 Å². The van der Waals surface area contributed by atoms with Gasteiger partial charge in [0.1, 0.15) is 23.0 Å². The highest BCUT2D eigenvalue weighted by Crippen LogP contribution is 2.51. The molecule has 4 aromatic rings. The Bertz CT molecular complexity index is 1100. The van der Waals surface area contributed by atoms with E-state index in [9.17, 15) is 0 Å². The summed E-state index contributed by atoms with van der Waals surface area (Å²) in [5, 5.41) is 0. The van der Waals surface area contributed by atoms with Crippen molar-refractivity contribution in [1.82, 2.24) is 0 Å². The van der Waals surface area contributed by atoms with Gasteiger partial charge in [-0.25, -0.2) is 0 Å². The normalized spacial score (nSPS) is 14.4. The molecule has 4 aromatic carbocycles. The Morgan fingerprint density at radius 1 is 0.467 bits per heavy atom. The van der Waals surface area contributed by atoms with Crippen molar-refractivity contribution in [3.63, 3.8) is 0 Å². The molecule has 0 fully saturated rings. The number of para-hydroxylation sites is 4. The first kappa shape index (κ1) is 17.4. The van der Waals surface area contributed by atoms with E-state index in [2.05, 4.69) is 48.5 Å². The van der Waals surface area contributed by atoms with Gasteiger partial charge in [-0.1, -0.05) is 85.0 Å². The smallest absolute Gasteiger partial charge is 0.131 e. The maximum Gasteiger partial charge on any atom is 0.131 e. The summed E-state index contributed by atoms with van der Waals surface area (Å²) in [5.74, 6) is 3.42. The molecule has 0 atom stereocenters. The standard InChI is InChI=1S/C27H18O2S/c30-27(25-17-9-1-5-13-21(17)28-22-14-6-2-10-18(22)25)26-19-11-3-7-15-23(19)29-24-16-8-4-12-20(24)26/h1-16,25-26H. The molecule has 0 aromatic heterocycles. The summed E-state index contributed by atoms with van der Waals surface area (Å²) in [7, 11) is 0. The van der Waals surface area contributed by atoms with Crippen LogP contribution < -0.4 is 9.47 Å². The Balaban J connectivity index is 1.57. The lowest BCUT2D eigenvalue weighted by atomic mass is 9.75. The maximum atomic E-state index is 6.29. The Kier molecular flexibility index (Phi) is 3.96. The number of ether oxygens (including phenoxy) is 2. The summed E-state index contributed by atoms with van der Waals surface area (Å²) in [6, 6.07) is 32.8. The molecule has 0 N–H and O–H groups in total. The van der Waals surface area contributed by atoms with E-state index >= 15 is 0 Å². The second kappa shape index (κ2) is 6.82. The Hall–Kier alpha value is -3.43. The second-order valence-corrected chi connectivity index (χ2v) is 8.10. The Morgan fingerprint density at radius 3 is 1.03 bits per heavy atom. The first-order chi connectivity index (χ1) is 14.8. The molecule has 6 rings (SSSR count). The van der Waals surface area contributed by atoms with Crippen molar-refractivity contribution in [2.75, 3.05) is 0 Å². The van der Waals surface area contributed by atoms with E-state index in [0.717, 1.165) is 50.1 Å². The van der Waals surface area contributed by atoms with Gasteiger partial charge in [0.2, 0.25) is 0 Å². The summed E-state index contributed by atoms with van der Waals surface area (Å²) >= 11 is 6.29. The number of fused-ring (bicyclic) bond motifs is 4. The van der Waals surface area contributed by atoms with Crippen LogP contribution in [-0.4, -0.2) is 4.86 Å². The van der Waals surface area contributed by atoms with Gasteiger partial charge in [-0.3, -0.25) is 0 Å². The van der Waals surface area contributed by atoms with Crippen molar-refractivity contribution in [1.29, 1.82) is 0 Å². The van der Waals surface area contributed by atoms with Crippen LogP contribution in [0.15, 0.2) is 97.1 Å². The van der Waals surface area contributed by atoms with E-state index in [4.69, 9.17) is 21.7 Å². The van der Waals surface area contributed by atoms with Gasteiger partial charge in [0.25, 0.3) is 0 Å². The number of thiocarbonyl (C=S) groups is 1. The molecule has 0 aliphatic carbocycles. The van der Waals surface area contributed by atoms with Crippen LogP contribution in [0.4, 0.5) is 0 Å². The summed E-state index contributed by atoms with van der Waals surface area (Å²) in [4.78, 5) is 0.960. The highest BCUT2D eigenvalue weighted by atomic mass is 32.1. The number of hydrogen-bond acceptors (Lipinski definition) is 3. The van der Waals surface area contributed by atoms with E-state index in [1.54, 1.807) is 0 Å². The molecule has 0 saturated carbocycles. The van der Waals surface area contributed by atoms with Gasteiger partial charge < -0.3 is 9.47 Å². The maximum absolute atomic E-state index is 6.29. The molecule has 2 aliphatic heterocycles. The Morgan fingerprint density at radius 2 is 0.733 bits per heavy atom. The fraction of sp³-hybridized carbons (Fsp3) is 0.0741. The minimum absolute atomic E-state index is 0.0367. The van der Waals surface area contributed by atoms with Crippen molar-refractivity contribution < 1.29 is 9.47 Å². The van der Waals surface area contributed by atoms with Crippen LogP contribution in [0.2, 0.25) is 0 Å². The molecule has 2 aliphatic rings. The van der Waals surface area contributed by atoms with Crippen molar-refractivity contribution >= 4 is 17.1 Å². The summed E-state index contributed by atoms with van der Waals surface area (Å²) in [6.07, 6.45) is 0. The predicted octanol–water partition coefficient (Wildman–Crippen LogP) is 7.23. The quantitative estimate of drug-likeness (QED) is 0.327. The van der Waals surface area contributed by atoms with Crippen molar-refractivity contribution in [2.45, 2.75) is 11.8 Å². The zero-order valence-corrected chi connectivity index (χ0v) is 16.9. The average Bonchev–Trinajstić information content (AvgIpc) is 2.80. The topological polar surface area (TPSA) is 18.5 Å². The molecule has 2 heterocycles. The van der Waals surface area contributed by atoms with E-state index in [0.29, 0.717) is 0 Å². The summed E-state index contributed by atoms with van der Waals surface area (Å²) in [6.45, 7) is 0. The molecular weight excluding hydrogens is 388 g/mol. The minimum atomic E-state index is -0.0367. The molecule has 30 heavy (non-hydrogen) atoms. The van der Waals surface area contributed by atoms with Gasteiger partial charge in [-0.15, -0.1) is 0 Å². The molecule has 144 valence electrons. The van der Waals surface area contributed by atoms with E-state index < -0.39 is 0 Å². The number of benzene rings is 4. The highest BCUT2D eigenvalue weighted by Gasteiger charge is 2.38. The van der Waals surface area contributed by atoms with Gasteiger partial charge in [0, 0.05) is 39.0 Å². The fourth-order valence-electron chi connectivity index (χ4n) is 4.60. The molecule has 0 amide bonds. The van der Waals surface area contributed by atoms with E-state index in [1.165, 1.54) is 0 Å². The highest BCUT2D eigenvalue weighted by molar-refractivity contribution is 7.80.